The van der Waals surface area contributed by atoms with Gasteiger partial charge in [0.15, 0.2) is 6.79 Å². The molecule has 7 nitrogen and oxygen atoms in total. The van der Waals surface area contributed by atoms with E-state index in [0.29, 0.717) is 16.9 Å². The SMILES string of the molecule is O=C(OCc1cc([N+](=O)[O-])cc2c1OCOC2)c1ccc(Cl)cc1F. The summed E-state index contributed by atoms with van der Waals surface area (Å²) in [6.45, 7) is -0.188. The first-order chi connectivity index (χ1) is 12.0. The molecule has 0 amide bonds. The van der Waals surface area contributed by atoms with Crippen LogP contribution in [0.5, 0.6) is 5.75 Å². The largest absolute Gasteiger partial charge is 0.467 e. The highest BCUT2D eigenvalue weighted by Crippen LogP contribution is 2.33. The Kier molecular flexibility index (Phi) is 4.82. The molecule has 0 spiro atoms. The van der Waals surface area contributed by atoms with Crippen LogP contribution in [0.25, 0.3) is 0 Å². The zero-order chi connectivity index (χ0) is 18.0. The number of nitrogens with zero attached hydrogens (tertiary/aromatic N) is 1. The first-order valence-electron chi connectivity index (χ1n) is 7.08. The molecule has 1 aliphatic heterocycles. The van der Waals surface area contributed by atoms with E-state index in [2.05, 4.69) is 0 Å². The lowest BCUT2D eigenvalue weighted by atomic mass is 10.1. The Morgan fingerprint density at radius 2 is 2.16 bits per heavy atom. The number of halogens is 2. The molecule has 0 bridgehead atoms. The fraction of sp³-hybridized carbons (Fsp3) is 0.188. The van der Waals surface area contributed by atoms with Crippen LogP contribution in [0.15, 0.2) is 30.3 Å². The third-order valence-corrected chi connectivity index (χ3v) is 3.73. The molecule has 3 rings (SSSR count). The van der Waals surface area contributed by atoms with Crippen molar-refractivity contribution in [3.05, 3.63) is 68.0 Å². The zero-order valence-corrected chi connectivity index (χ0v) is 13.4. The highest BCUT2D eigenvalue weighted by molar-refractivity contribution is 6.30. The predicted octanol–water partition coefficient (Wildman–Crippen LogP) is 3.61. The average molecular weight is 368 g/mol. The van der Waals surface area contributed by atoms with Gasteiger partial charge in [0.05, 0.1) is 17.1 Å². The van der Waals surface area contributed by atoms with Crippen molar-refractivity contribution >= 4 is 23.3 Å². The smallest absolute Gasteiger partial charge is 0.341 e. The van der Waals surface area contributed by atoms with Gasteiger partial charge in [-0.3, -0.25) is 10.1 Å². The van der Waals surface area contributed by atoms with Gasteiger partial charge in [-0.15, -0.1) is 0 Å². The number of nitro benzene ring substituents is 1. The van der Waals surface area contributed by atoms with Crippen molar-refractivity contribution in [1.82, 2.24) is 0 Å². The Balaban J connectivity index is 1.83. The van der Waals surface area contributed by atoms with Crippen molar-refractivity contribution < 1.29 is 28.3 Å². The quantitative estimate of drug-likeness (QED) is 0.466. The minimum absolute atomic E-state index is 0.0163. The van der Waals surface area contributed by atoms with Crippen molar-refractivity contribution in [3.8, 4) is 5.75 Å². The fourth-order valence-corrected chi connectivity index (χ4v) is 2.53. The summed E-state index contributed by atoms with van der Waals surface area (Å²) >= 11 is 5.64. The molecule has 2 aromatic rings. The number of carbonyl (C=O) groups excluding carboxylic acids is 1. The Bertz CT molecular complexity index is 857. The van der Waals surface area contributed by atoms with E-state index in [4.69, 9.17) is 25.8 Å². The Morgan fingerprint density at radius 1 is 1.36 bits per heavy atom. The van der Waals surface area contributed by atoms with Crippen molar-refractivity contribution in [2.45, 2.75) is 13.2 Å². The predicted molar refractivity (Wildman–Crippen MR) is 83.9 cm³/mol. The summed E-state index contributed by atoms with van der Waals surface area (Å²) in [4.78, 5) is 22.5. The molecule has 9 heteroatoms. The maximum Gasteiger partial charge on any atom is 0.341 e. The molecule has 0 fully saturated rings. The molecular formula is C16H11ClFNO6. The molecular weight excluding hydrogens is 357 g/mol. The monoisotopic (exact) mass is 367 g/mol. The summed E-state index contributed by atoms with van der Waals surface area (Å²) < 4.78 is 29.3. The topological polar surface area (TPSA) is 87.9 Å². The normalized spacial score (nSPS) is 12.9. The van der Waals surface area contributed by atoms with Gasteiger partial charge in [0, 0.05) is 28.3 Å². The molecule has 2 aromatic carbocycles. The standard InChI is InChI=1S/C16H11ClFNO6/c17-11-1-2-13(14(18)5-11)16(20)24-7-10-4-12(19(21)22)3-9-6-23-8-25-15(9)10/h1-5H,6-8H2. The first kappa shape index (κ1) is 17.1. The molecule has 0 N–H and O–H groups in total. The Labute approximate surface area is 146 Å². The van der Waals surface area contributed by atoms with Gasteiger partial charge < -0.3 is 14.2 Å². The van der Waals surface area contributed by atoms with Crippen LogP contribution in [0.3, 0.4) is 0 Å². The van der Waals surface area contributed by atoms with Crippen LogP contribution < -0.4 is 4.74 Å². The maximum atomic E-state index is 13.8. The second-order valence-corrected chi connectivity index (χ2v) is 5.60. The number of hydrogen-bond donors (Lipinski definition) is 0. The van der Waals surface area contributed by atoms with E-state index in [-0.39, 0.29) is 36.3 Å². The minimum Gasteiger partial charge on any atom is -0.467 e. The maximum absolute atomic E-state index is 13.8. The van der Waals surface area contributed by atoms with Crippen molar-refractivity contribution in [2.24, 2.45) is 0 Å². The molecule has 0 saturated heterocycles. The van der Waals surface area contributed by atoms with E-state index in [0.717, 1.165) is 6.07 Å². The molecule has 0 aromatic heterocycles. The molecule has 25 heavy (non-hydrogen) atoms. The summed E-state index contributed by atoms with van der Waals surface area (Å²) in [5.41, 5.74) is 0.309. The van der Waals surface area contributed by atoms with Crippen LogP contribution in [-0.2, 0) is 22.7 Å². The van der Waals surface area contributed by atoms with E-state index in [9.17, 15) is 19.3 Å². The number of hydrogen-bond acceptors (Lipinski definition) is 6. The van der Waals surface area contributed by atoms with Crippen LogP contribution in [0.1, 0.15) is 21.5 Å². The fourth-order valence-electron chi connectivity index (χ4n) is 2.37. The number of fused-ring (bicyclic) bond motifs is 1. The second kappa shape index (κ2) is 7.04. The third kappa shape index (κ3) is 3.70. The molecule has 1 aliphatic rings. The number of esters is 1. The first-order valence-corrected chi connectivity index (χ1v) is 7.46. The lowest BCUT2D eigenvalue weighted by Crippen LogP contribution is -2.15. The molecule has 0 aliphatic carbocycles. The van der Waals surface area contributed by atoms with Crippen LogP contribution in [0, 0.1) is 15.9 Å². The lowest BCUT2D eigenvalue weighted by molar-refractivity contribution is -0.385. The molecule has 1 heterocycles. The molecule has 0 radical (unpaired) electrons. The summed E-state index contributed by atoms with van der Waals surface area (Å²) in [5, 5.41) is 11.2. The van der Waals surface area contributed by atoms with Crippen molar-refractivity contribution in [2.75, 3.05) is 6.79 Å². The van der Waals surface area contributed by atoms with E-state index in [1.165, 1.54) is 24.3 Å². The van der Waals surface area contributed by atoms with Gasteiger partial charge in [0.25, 0.3) is 5.69 Å². The van der Waals surface area contributed by atoms with Gasteiger partial charge in [-0.25, -0.2) is 9.18 Å². The second-order valence-electron chi connectivity index (χ2n) is 5.16. The van der Waals surface area contributed by atoms with Crippen LogP contribution in [0.4, 0.5) is 10.1 Å². The van der Waals surface area contributed by atoms with Gasteiger partial charge in [-0.1, -0.05) is 11.6 Å². The van der Waals surface area contributed by atoms with Gasteiger partial charge in [-0.05, 0) is 18.2 Å². The molecule has 130 valence electrons. The van der Waals surface area contributed by atoms with Gasteiger partial charge in [0.1, 0.15) is 18.2 Å². The van der Waals surface area contributed by atoms with Crippen LogP contribution in [0.2, 0.25) is 5.02 Å². The number of non-ortho nitro benzene ring substituents is 1. The van der Waals surface area contributed by atoms with Crippen LogP contribution >= 0.6 is 11.6 Å². The summed E-state index contributed by atoms with van der Waals surface area (Å²) in [6.07, 6.45) is 0. The number of carbonyl (C=O) groups is 1. The van der Waals surface area contributed by atoms with Gasteiger partial charge >= 0.3 is 5.97 Å². The summed E-state index contributed by atoms with van der Waals surface area (Å²) in [5.74, 6) is -1.37. The van der Waals surface area contributed by atoms with E-state index < -0.39 is 16.7 Å². The third-order valence-electron chi connectivity index (χ3n) is 3.49. The lowest BCUT2D eigenvalue weighted by Gasteiger charge is -2.20. The van der Waals surface area contributed by atoms with Gasteiger partial charge in [0.2, 0.25) is 0 Å². The van der Waals surface area contributed by atoms with E-state index >= 15 is 0 Å². The van der Waals surface area contributed by atoms with E-state index in [1.54, 1.807) is 0 Å². The highest BCUT2D eigenvalue weighted by Gasteiger charge is 2.22. The molecule has 0 unspecified atom stereocenters. The molecule has 0 saturated carbocycles. The van der Waals surface area contributed by atoms with Crippen molar-refractivity contribution in [3.63, 3.8) is 0 Å². The van der Waals surface area contributed by atoms with Gasteiger partial charge in [-0.2, -0.15) is 0 Å². The zero-order valence-electron chi connectivity index (χ0n) is 12.7. The number of rotatable bonds is 4. The summed E-state index contributed by atoms with van der Waals surface area (Å²) in [7, 11) is 0. The number of nitro groups is 1. The van der Waals surface area contributed by atoms with Crippen LogP contribution in [-0.4, -0.2) is 17.7 Å². The molecule has 0 atom stereocenters. The Hall–Kier alpha value is -2.71. The number of benzene rings is 2. The summed E-state index contributed by atoms with van der Waals surface area (Å²) in [6, 6.07) is 6.13. The Morgan fingerprint density at radius 3 is 2.88 bits per heavy atom. The average Bonchev–Trinajstić information content (AvgIpc) is 2.59. The van der Waals surface area contributed by atoms with E-state index in [1.807, 2.05) is 0 Å². The number of ether oxygens (including phenoxy) is 3. The van der Waals surface area contributed by atoms with Crippen molar-refractivity contribution in [1.29, 1.82) is 0 Å². The minimum atomic E-state index is -0.915. The highest BCUT2D eigenvalue weighted by atomic mass is 35.5.